The minimum absolute atomic E-state index is 0.0881. The van der Waals surface area contributed by atoms with Crippen molar-refractivity contribution in [3.8, 4) is 0 Å². The summed E-state index contributed by atoms with van der Waals surface area (Å²) in [6.45, 7) is 1.91. The first-order chi connectivity index (χ1) is 9.94. The summed E-state index contributed by atoms with van der Waals surface area (Å²) in [4.78, 5) is 11.9. The zero-order chi connectivity index (χ0) is 15.3. The van der Waals surface area contributed by atoms with Crippen LogP contribution in [0.5, 0.6) is 0 Å². The van der Waals surface area contributed by atoms with Crippen molar-refractivity contribution in [1.82, 2.24) is 0 Å². The van der Waals surface area contributed by atoms with E-state index in [1.165, 1.54) is 0 Å². The molecule has 3 nitrogen and oxygen atoms in total. The number of ketones is 1. The molecular weight excluding hydrogens is 284 g/mol. The lowest BCUT2D eigenvalue weighted by Crippen LogP contribution is -2.19. The summed E-state index contributed by atoms with van der Waals surface area (Å²) < 4.78 is 24.2. The fourth-order valence-corrected chi connectivity index (χ4v) is 3.61. The minimum atomic E-state index is -3.42. The molecule has 2 aromatic rings. The highest BCUT2D eigenvalue weighted by Gasteiger charge is 2.17. The fourth-order valence-electron chi connectivity index (χ4n) is 2.23. The lowest BCUT2D eigenvalue weighted by molar-refractivity contribution is -0.116. The maximum atomic E-state index is 12.1. The van der Waals surface area contributed by atoms with Crippen molar-refractivity contribution in [2.75, 3.05) is 5.75 Å². The van der Waals surface area contributed by atoms with E-state index in [9.17, 15) is 13.2 Å². The van der Waals surface area contributed by atoms with Crippen molar-refractivity contribution >= 4 is 15.6 Å². The SMILES string of the molecule is Cc1cccc(CS(=O)(=O)CC(=O)Cc2ccccc2)c1. The number of sulfone groups is 1. The number of hydrogen-bond donors (Lipinski definition) is 0. The summed E-state index contributed by atoms with van der Waals surface area (Å²) in [5, 5.41) is 0. The first-order valence-corrected chi connectivity index (χ1v) is 8.58. The molecule has 2 rings (SSSR count). The molecule has 110 valence electrons. The molecule has 0 bridgehead atoms. The van der Waals surface area contributed by atoms with E-state index in [-0.39, 0.29) is 18.0 Å². The first-order valence-electron chi connectivity index (χ1n) is 6.76. The molecule has 0 aromatic heterocycles. The lowest BCUT2D eigenvalue weighted by Gasteiger charge is -2.05. The molecule has 0 unspecified atom stereocenters. The molecule has 0 saturated carbocycles. The van der Waals surface area contributed by atoms with E-state index in [4.69, 9.17) is 0 Å². The molecule has 0 N–H and O–H groups in total. The third-order valence-electron chi connectivity index (χ3n) is 3.09. The zero-order valence-electron chi connectivity index (χ0n) is 12.0. The van der Waals surface area contributed by atoms with Gasteiger partial charge in [0.1, 0.15) is 5.75 Å². The Bertz CT molecular complexity index is 719. The van der Waals surface area contributed by atoms with Crippen LogP contribution in [0, 0.1) is 6.92 Å². The molecule has 0 fully saturated rings. The topological polar surface area (TPSA) is 51.2 Å². The van der Waals surface area contributed by atoms with Crippen LogP contribution in [0.25, 0.3) is 0 Å². The highest BCUT2D eigenvalue weighted by molar-refractivity contribution is 7.91. The van der Waals surface area contributed by atoms with Gasteiger partial charge < -0.3 is 0 Å². The number of aryl methyl sites for hydroxylation is 1. The maximum Gasteiger partial charge on any atom is 0.161 e. The van der Waals surface area contributed by atoms with Gasteiger partial charge in [-0.15, -0.1) is 0 Å². The highest BCUT2D eigenvalue weighted by atomic mass is 32.2. The first kappa shape index (κ1) is 15.4. The van der Waals surface area contributed by atoms with Gasteiger partial charge in [-0.1, -0.05) is 60.2 Å². The normalized spacial score (nSPS) is 11.3. The van der Waals surface area contributed by atoms with Crippen LogP contribution in [0.2, 0.25) is 0 Å². The average molecular weight is 302 g/mol. The van der Waals surface area contributed by atoms with E-state index >= 15 is 0 Å². The van der Waals surface area contributed by atoms with Crippen molar-refractivity contribution < 1.29 is 13.2 Å². The number of benzene rings is 2. The Morgan fingerprint density at radius 3 is 2.29 bits per heavy atom. The number of rotatable bonds is 6. The highest BCUT2D eigenvalue weighted by Crippen LogP contribution is 2.10. The van der Waals surface area contributed by atoms with Crippen LogP contribution >= 0.6 is 0 Å². The molecule has 0 aliphatic heterocycles. The number of Topliss-reactive ketones (excluding diaryl/α,β-unsaturated/α-hetero) is 1. The Morgan fingerprint density at radius 2 is 1.62 bits per heavy atom. The average Bonchev–Trinajstić information content (AvgIpc) is 2.38. The smallest absolute Gasteiger partial charge is 0.161 e. The van der Waals surface area contributed by atoms with Crippen molar-refractivity contribution in [1.29, 1.82) is 0 Å². The molecule has 2 aromatic carbocycles. The third kappa shape index (κ3) is 5.16. The van der Waals surface area contributed by atoms with Gasteiger partial charge in [0.15, 0.2) is 15.6 Å². The third-order valence-corrected chi connectivity index (χ3v) is 4.63. The summed E-state index contributed by atoms with van der Waals surface area (Å²) in [7, 11) is -3.42. The number of carbonyl (C=O) groups is 1. The summed E-state index contributed by atoms with van der Waals surface area (Å²) in [5.74, 6) is -0.765. The summed E-state index contributed by atoms with van der Waals surface area (Å²) in [6, 6.07) is 16.5. The van der Waals surface area contributed by atoms with Gasteiger partial charge in [-0.3, -0.25) is 4.79 Å². The maximum absolute atomic E-state index is 12.1. The largest absolute Gasteiger partial charge is 0.298 e. The van der Waals surface area contributed by atoms with Crippen LogP contribution < -0.4 is 0 Å². The van der Waals surface area contributed by atoms with Crippen molar-refractivity contribution in [2.24, 2.45) is 0 Å². The Morgan fingerprint density at radius 1 is 0.952 bits per heavy atom. The molecule has 0 aliphatic rings. The van der Waals surface area contributed by atoms with Gasteiger partial charge in [-0.05, 0) is 18.1 Å². The van der Waals surface area contributed by atoms with Gasteiger partial charge >= 0.3 is 0 Å². The van der Waals surface area contributed by atoms with Crippen molar-refractivity contribution in [3.63, 3.8) is 0 Å². The Balaban J connectivity index is 1.99. The quantitative estimate of drug-likeness (QED) is 0.824. The van der Waals surface area contributed by atoms with Crippen LogP contribution in [-0.4, -0.2) is 20.0 Å². The zero-order valence-corrected chi connectivity index (χ0v) is 12.8. The Labute approximate surface area is 125 Å². The lowest BCUT2D eigenvalue weighted by atomic mass is 10.1. The molecular formula is C17H18O3S. The van der Waals surface area contributed by atoms with E-state index in [1.54, 1.807) is 6.07 Å². The van der Waals surface area contributed by atoms with Crippen LogP contribution in [0.1, 0.15) is 16.7 Å². The van der Waals surface area contributed by atoms with Gasteiger partial charge in [0, 0.05) is 6.42 Å². The van der Waals surface area contributed by atoms with Gasteiger partial charge in [0.05, 0.1) is 5.75 Å². The summed E-state index contributed by atoms with van der Waals surface area (Å²) >= 11 is 0. The second kappa shape index (κ2) is 6.68. The molecule has 21 heavy (non-hydrogen) atoms. The molecule has 0 heterocycles. The summed E-state index contributed by atoms with van der Waals surface area (Å²) in [5.41, 5.74) is 2.58. The van der Waals surface area contributed by atoms with E-state index < -0.39 is 15.6 Å². The van der Waals surface area contributed by atoms with E-state index in [0.29, 0.717) is 0 Å². The van der Waals surface area contributed by atoms with Crippen molar-refractivity contribution in [3.05, 3.63) is 71.3 Å². The number of hydrogen-bond acceptors (Lipinski definition) is 3. The molecule has 0 atom stereocenters. The molecule has 4 heteroatoms. The van der Waals surface area contributed by atoms with Crippen LogP contribution in [0.15, 0.2) is 54.6 Å². The molecule has 0 aliphatic carbocycles. The standard InChI is InChI=1S/C17H18O3S/c1-14-6-5-9-16(10-14)12-21(19,20)13-17(18)11-15-7-3-2-4-8-15/h2-10H,11-13H2,1H3. The monoisotopic (exact) mass is 302 g/mol. The fraction of sp³-hybridized carbons (Fsp3) is 0.235. The minimum Gasteiger partial charge on any atom is -0.298 e. The van der Waals surface area contributed by atoms with Gasteiger partial charge in [-0.2, -0.15) is 0 Å². The second-order valence-electron chi connectivity index (χ2n) is 5.22. The molecule has 0 amide bonds. The Hall–Kier alpha value is -1.94. The van der Waals surface area contributed by atoms with Gasteiger partial charge in [-0.25, -0.2) is 8.42 Å². The van der Waals surface area contributed by atoms with Crippen molar-refractivity contribution in [2.45, 2.75) is 19.1 Å². The predicted octanol–water partition coefficient (Wildman–Crippen LogP) is 2.72. The molecule has 0 saturated heterocycles. The van der Waals surface area contributed by atoms with Gasteiger partial charge in [0.2, 0.25) is 0 Å². The van der Waals surface area contributed by atoms with Gasteiger partial charge in [0.25, 0.3) is 0 Å². The Kier molecular flexibility index (Phi) is 4.91. The van der Waals surface area contributed by atoms with E-state index in [0.717, 1.165) is 16.7 Å². The number of carbonyl (C=O) groups excluding carboxylic acids is 1. The van der Waals surface area contributed by atoms with E-state index in [2.05, 4.69) is 0 Å². The van der Waals surface area contributed by atoms with Crippen LogP contribution in [0.3, 0.4) is 0 Å². The van der Waals surface area contributed by atoms with Crippen LogP contribution in [-0.2, 0) is 26.8 Å². The predicted molar refractivity (Wildman–Crippen MR) is 83.8 cm³/mol. The molecule has 0 radical (unpaired) electrons. The second-order valence-corrected chi connectivity index (χ2v) is 7.29. The van der Waals surface area contributed by atoms with E-state index in [1.807, 2.05) is 55.5 Å². The molecule has 0 spiro atoms. The van der Waals surface area contributed by atoms with Crippen LogP contribution in [0.4, 0.5) is 0 Å². The summed E-state index contributed by atoms with van der Waals surface area (Å²) in [6.07, 6.45) is 0.161.